The number of benzene rings is 2. The highest BCUT2D eigenvalue weighted by Crippen LogP contribution is 2.29. The molecule has 154 valence electrons. The van der Waals surface area contributed by atoms with Gasteiger partial charge in [-0.25, -0.2) is 0 Å². The summed E-state index contributed by atoms with van der Waals surface area (Å²) in [5.74, 6) is 2.18. The molecule has 0 aliphatic heterocycles. The molecule has 0 atom stereocenters. The number of methoxy groups -OCH3 is 2. The van der Waals surface area contributed by atoms with Crippen LogP contribution in [0.3, 0.4) is 0 Å². The number of para-hydroxylation sites is 2. The van der Waals surface area contributed by atoms with Crippen molar-refractivity contribution in [2.24, 2.45) is 5.16 Å². The summed E-state index contributed by atoms with van der Waals surface area (Å²) < 4.78 is 14.1. The van der Waals surface area contributed by atoms with Crippen LogP contribution in [0.5, 0.6) is 11.5 Å². The molecule has 30 heavy (non-hydrogen) atoms. The molecule has 0 radical (unpaired) electrons. The van der Waals surface area contributed by atoms with Gasteiger partial charge < -0.3 is 14.3 Å². The lowest BCUT2D eigenvalue weighted by Gasteiger charge is -2.10. The third kappa shape index (κ3) is 3.24. The summed E-state index contributed by atoms with van der Waals surface area (Å²) >= 11 is 0. The van der Waals surface area contributed by atoms with E-state index in [4.69, 9.17) is 14.3 Å². The molecule has 0 saturated carbocycles. The molecule has 4 aromatic rings. The fourth-order valence-corrected chi connectivity index (χ4v) is 3.40. The van der Waals surface area contributed by atoms with E-state index in [1.165, 1.54) is 0 Å². The topological polar surface area (TPSA) is 92.2 Å². The van der Waals surface area contributed by atoms with Gasteiger partial charge in [0, 0.05) is 12.1 Å². The highest BCUT2D eigenvalue weighted by atomic mass is 16.6. The summed E-state index contributed by atoms with van der Waals surface area (Å²) in [5.41, 5.74) is 1.35. The minimum atomic E-state index is -0.0939. The minimum absolute atomic E-state index is 0.0792. The van der Waals surface area contributed by atoms with E-state index < -0.39 is 0 Å². The Morgan fingerprint density at radius 2 is 1.90 bits per heavy atom. The molecule has 0 aliphatic rings. The average molecular weight is 407 g/mol. The monoisotopic (exact) mass is 407 g/mol. The van der Waals surface area contributed by atoms with Crippen LogP contribution in [0.4, 0.5) is 0 Å². The summed E-state index contributed by atoms with van der Waals surface area (Å²) in [6.45, 7) is 2.46. The van der Waals surface area contributed by atoms with Crippen LogP contribution in [0.15, 0.2) is 52.4 Å². The zero-order chi connectivity index (χ0) is 21.1. The van der Waals surface area contributed by atoms with Crippen LogP contribution in [0, 0.1) is 0 Å². The molecule has 4 rings (SSSR count). The van der Waals surface area contributed by atoms with E-state index in [1.54, 1.807) is 37.1 Å². The first-order valence-corrected chi connectivity index (χ1v) is 9.41. The molecule has 0 unspecified atom stereocenters. The number of aryl methyl sites for hydroxylation is 1. The molecule has 0 N–H and O–H groups in total. The minimum Gasteiger partial charge on any atom is -0.493 e. The summed E-state index contributed by atoms with van der Waals surface area (Å²) in [6.07, 6.45) is 1.55. The molecule has 0 fully saturated rings. The summed E-state index contributed by atoms with van der Waals surface area (Å²) in [4.78, 5) is 18.2. The van der Waals surface area contributed by atoms with Crippen molar-refractivity contribution in [3.8, 4) is 11.5 Å². The standard InChI is InChI=1S/C21H21N5O4/c1-4-25-20(27)15-9-5-6-10-16(15)26-18(23-24-21(25)26)13-30-22-12-14-8-7-11-17(28-2)19(14)29-3/h5-12H,4,13H2,1-3H3/b22-12+. The zero-order valence-corrected chi connectivity index (χ0v) is 16.9. The Morgan fingerprint density at radius 3 is 2.67 bits per heavy atom. The molecular weight excluding hydrogens is 386 g/mol. The molecular formula is C21H21N5O4. The van der Waals surface area contributed by atoms with Crippen molar-refractivity contribution >= 4 is 22.9 Å². The molecule has 2 aromatic heterocycles. The van der Waals surface area contributed by atoms with E-state index >= 15 is 0 Å². The number of rotatable bonds is 7. The fraction of sp³-hybridized carbons (Fsp3) is 0.238. The Balaban J connectivity index is 1.66. The lowest BCUT2D eigenvalue weighted by atomic mass is 10.2. The SMILES string of the molecule is CCn1c(=O)c2ccccc2n2c(CO/N=C/c3cccc(OC)c3OC)nnc12. The van der Waals surface area contributed by atoms with Crippen molar-refractivity contribution < 1.29 is 14.3 Å². The number of oxime groups is 1. The van der Waals surface area contributed by atoms with Crippen LogP contribution in [-0.2, 0) is 18.0 Å². The van der Waals surface area contributed by atoms with Crippen LogP contribution in [0.1, 0.15) is 18.3 Å². The molecule has 9 nitrogen and oxygen atoms in total. The van der Waals surface area contributed by atoms with Gasteiger partial charge in [-0.15, -0.1) is 10.2 Å². The molecule has 2 heterocycles. The maximum absolute atomic E-state index is 12.7. The highest BCUT2D eigenvalue weighted by Gasteiger charge is 2.15. The largest absolute Gasteiger partial charge is 0.493 e. The molecule has 0 saturated heterocycles. The molecule has 0 amide bonds. The quantitative estimate of drug-likeness (QED) is 0.345. The van der Waals surface area contributed by atoms with Gasteiger partial charge in [0.15, 0.2) is 23.9 Å². The maximum Gasteiger partial charge on any atom is 0.262 e. The van der Waals surface area contributed by atoms with Gasteiger partial charge >= 0.3 is 0 Å². The Morgan fingerprint density at radius 1 is 1.07 bits per heavy atom. The predicted octanol–water partition coefficient (Wildman–Crippen LogP) is 2.63. The maximum atomic E-state index is 12.7. The van der Waals surface area contributed by atoms with Crippen molar-refractivity contribution in [3.05, 3.63) is 64.2 Å². The molecule has 9 heteroatoms. The van der Waals surface area contributed by atoms with Gasteiger partial charge in [-0.3, -0.25) is 13.8 Å². The van der Waals surface area contributed by atoms with Gasteiger partial charge in [0.1, 0.15) is 0 Å². The van der Waals surface area contributed by atoms with Crippen molar-refractivity contribution in [2.75, 3.05) is 14.2 Å². The molecule has 0 bridgehead atoms. The summed E-state index contributed by atoms with van der Waals surface area (Å²) in [6, 6.07) is 12.8. The van der Waals surface area contributed by atoms with Crippen molar-refractivity contribution in [1.82, 2.24) is 19.2 Å². The van der Waals surface area contributed by atoms with Crippen LogP contribution < -0.4 is 15.0 Å². The van der Waals surface area contributed by atoms with E-state index in [0.717, 1.165) is 5.52 Å². The van der Waals surface area contributed by atoms with Gasteiger partial charge in [-0.2, -0.15) is 0 Å². The Hall–Kier alpha value is -3.88. The van der Waals surface area contributed by atoms with Crippen LogP contribution in [0.2, 0.25) is 0 Å². The van der Waals surface area contributed by atoms with E-state index in [1.807, 2.05) is 41.7 Å². The highest BCUT2D eigenvalue weighted by molar-refractivity contribution is 5.84. The lowest BCUT2D eigenvalue weighted by molar-refractivity contribution is 0.125. The lowest BCUT2D eigenvalue weighted by Crippen LogP contribution is -2.22. The number of hydrogen-bond donors (Lipinski definition) is 0. The first-order valence-electron chi connectivity index (χ1n) is 9.41. The van der Waals surface area contributed by atoms with E-state index in [9.17, 15) is 4.79 Å². The number of hydrogen-bond acceptors (Lipinski definition) is 7. The van der Waals surface area contributed by atoms with Crippen LogP contribution >= 0.6 is 0 Å². The number of nitrogens with zero attached hydrogens (tertiary/aromatic N) is 5. The van der Waals surface area contributed by atoms with Crippen LogP contribution in [0.25, 0.3) is 16.7 Å². The third-order valence-corrected chi connectivity index (χ3v) is 4.78. The molecule has 0 aliphatic carbocycles. The van der Waals surface area contributed by atoms with E-state index in [0.29, 0.717) is 40.6 Å². The Kier molecular flexibility index (Phi) is 5.34. The molecule has 0 spiro atoms. The van der Waals surface area contributed by atoms with Gasteiger partial charge in [0.25, 0.3) is 5.56 Å². The fourth-order valence-electron chi connectivity index (χ4n) is 3.40. The second-order valence-electron chi connectivity index (χ2n) is 6.41. The van der Waals surface area contributed by atoms with Gasteiger partial charge in [-0.05, 0) is 31.2 Å². The predicted molar refractivity (Wildman–Crippen MR) is 112 cm³/mol. The first kappa shape index (κ1) is 19.4. The van der Waals surface area contributed by atoms with Crippen molar-refractivity contribution in [3.63, 3.8) is 0 Å². The summed E-state index contributed by atoms with van der Waals surface area (Å²) in [7, 11) is 3.14. The second kappa shape index (κ2) is 8.24. The smallest absolute Gasteiger partial charge is 0.262 e. The van der Waals surface area contributed by atoms with Gasteiger partial charge in [0.05, 0.1) is 31.3 Å². The molecule has 2 aromatic carbocycles. The Bertz CT molecular complexity index is 1290. The second-order valence-corrected chi connectivity index (χ2v) is 6.41. The Labute approximate surface area is 172 Å². The zero-order valence-electron chi connectivity index (χ0n) is 16.9. The van der Waals surface area contributed by atoms with Crippen LogP contribution in [-0.4, -0.2) is 39.6 Å². The van der Waals surface area contributed by atoms with Crippen molar-refractivity contribution in [1.29, 1.82) is 0 Å². The average Bonchev–Trinajstić information content (AvgIpc) is 3.20. The number of fused-ring (bicyclic) bond motifs is 3. The normalized spacial score (nSPS) is 11.4. The van der Waals surface area contributed by atoms with E-state index in [2.05, 4.69) is 15.4 Å². The van der Waals surface area contributed by atoms with Gasteiger partial charge in [0.2, 0.25) is 5.78 Å². The van der Waals surface area contributed by atoms with Gasteiger partial charge in [-0.1, -0.05) is 23.4 Å². The van der Waals surface area contributed by atoms with Crippen molar-refractivity contribution in [2.45, 2.75) is 20.1 Å². The number of aromatic nitrogens is 4. The van der Waals surface area contributed by atoms with E-state index in [-0.39, 0.29) is 12.2 Å². The third-order valence-electron chi connectivity index (χ3n) is 4.78. The summed E-state index contributed by atoms with van der Waals surface area (Å²) in [5, 5.41) is 13.0. The first-order chi connectivity index (χ1) is 14.7. The number of ether oxygens (including phenoxy) is 2.